The molecule has 3 rings (SSSR count). The van der Waals surface area contributed by atoms with Gasteiger partial charge in [0, 0.05) is 29.3 Å². The van der Waals surface area contributed by atoms with E-state index in [-0.39, 0.29) is 10.9 Å². The van der Waals surface area contributed by atoms with E-state index < -0.39 is 22.2 Å². The van der Waals surface area contributed by atoms with E-state index in [0.29, 0.717) is 19.7 Å². The van der Waals surface area contributed by atoms with Gasteiger partial charge < -0.3 is 9.84 Å². The van der Waals surface area contributed by atoms with Crippen LogP contribution in [0.5, 0.6) is 0 Å². The number of carbonyl (C=O) groups is 1. The molecule has 0 aliphatic carbocycles. The van der Waals surface area contributed by atoms with Crippen molar-refractivity contribution in [2.24, 2.45) is 0 Å². The highest BCUT2D eigenvalue weighted by atomic mass is 32.2. The highest BCUT2D eigenvalue weighted by molar-refractivity contribution is 8.01. The van der Waals surface area contributed by atoms with Gasteiger partial charge in [-0.15, -0.1) is 11.8 Å². The Morgan fingerprint density at radius 2 is 2.04 bits per heavy atom. The third-order valence-electron chi connectivity index (χ3n) is 4.23. The second-order valence-electron chi connectivity index (χ2n) is 6.74. The van der Waals surface area contributed by atoms with Gasteiger partial charge in [-0.2, -0.15) is 17.5 Å². The number of ether oxygens (including phenoxy) is 1. The van der Waals surface area contributed by atoms with Crippen LogP contribution >= 0.6 is 11.8 Å². The van der Waals surface area contributed by atoms with Gasteiger partial charge in [0.25, 0.3) is 0 Å². The van der Waals surface area contributed by atoms with E-state index in [1.807, 2.05) is 36.9 Å². The lowest BCUT2D eigenvalue weighted by Gasteiger charge is -2.45. The number of rotatable bonds is 4. The molecule has 3 heterocycles. The molecule has 158 valence electrons. The first-order valence-corrected chi connectivity index (χ1v) is 11.1. The first kappa shape index (κ1) is 22.9. The number of carboxylic acid groups (broad SMARTS) is 1. The Labute approximate surface area is 165 Å². The van der Waals surface area contributed by atoms with E-state index in [1.54, 1.807) is 4.31 Å². The largest absolute Gasteiger partial charge is 0.490 e. The Morgan fingerprint density at radius 1 is 1.43 bits per heavy atom. The molecule has 1 aromatic rings. The average molecular weight is 442 g/mol. The third kappa shape index (κ3) is 6.33. The molecule has 2 saturated heterocycles. The van der Waals surface area contributed by atoms with Crippen molar-refractivity contribution >= 4 is 27.8 Å². The number of thioether (sulfide) groups is 1. The fourth-order valence-corrected chi connectivity index (χ4v) is 5.52. The zero-order valence-corrected chi connectivity index (χ0v) is 16.9. The van der Waals surface area contributed by atoms with Crippen LogP contribution in [0.2, 0.25) is 0 Å². The maximum Gasteiger partial charge on any atom is 0.490 e. The summed E-state index contributed by atoms with van der Waals surface area (Å²) in [6.45, 7) is 3.74. The monoisotopic (exact) mass is 442 g/mol. The standard InChI is InChI=1S/C14H20N2O3S2.C2HF3O2/c1-11-4-3-5-12(15-11)7-19-13-6-14(20-8-13)9-16(10-14)21(2,17)18;3-2(4,5)1(6)7/h3-5,13H,6-10H2,1-2H3;(H,6,7). The molecule has 28 heavy (non-hydrogen) atoms. The summed E-state index contributed by atoms with van der Waals surface area (Å²) in [7, 11) is -3.04. The van der Waals surface area contributed by atoms with Crippen molar-refractivity contribution in [3.05, 3.63) is 29.6 Å². The summed E-state index contributed by atoms with van der Waals surface area (Å²) in [5, 5.41) is 7.12. The number of pyridine rings is 1. The molecule has 1 N–H and O–H groups in total. The molecule has 2 fully saturated rings. The summed E-state index contributed by atoms with van der Waals surface area (Å²) in [5.41, 5.74) is 1.95. The second kappa shape index (κ2) is 8.56. The molecule has 7 nitrogen and oxygen atoms in total. The summed E-state index contributed by atoms with van der Waals surface area (Å²) < 4.78 is 62.2. The van der Waals surface area contributed by atoms with Gasteiger partial charge >= 0.3 is 12.1 Å². The second-order valence-corrected chi connectivity index (χ2v) is 10.2. The fraction of sp³-hybridized carbons (Fsp3) is 0.625. The van der Waals surface area contributed by atoms with Crippen LogP contribution in [0.25, 0.3) is 0 Å². The Bertz CT molecular complexity index is 811. The molecule has 1 atom stereocenters. The van der Waals surface area contributed by atoms with E-state index in [4.69, 9.17) is 14.6 Å². The molecule has 0 aromatic carbocycles. The highest BCUT2D eigenvalue weighted by Crippen LogP contribution is 2.46. The van der Waals surface area contributed by atoms with E-state index >= 15 is 0 Å². The number of aromatic nitrogens is 1. The molecule has 0 saturated carbocycles. The summed E-state index contributed by atoms with van der Waals surface area (Å²) in [4.78, 5) is 13.3. The Kier molecular flexibility index (Phi) is 7.00. The average Bonchev–Trinajstić information content (AvgIpc) is 2.95. The zero-order chi connectivity index (χ0) is 21.2. The zero-order valence-electron chi connectivity index (χ0n) is 15.3. The van der Waals surface area contributed by atoms with E-state index in [2.05, 4.69) is 4.98 Å². The molecule has 1 spiro atoms. The van der Waals surface area contributed by atoms with Gasteiger partial charge in [-0.05, 0) is 25.5 Å². The normalized spacial score (nSPS) is 21.7. The summed E-state index contributed by atoms with van der Waals surface area (Å²) in [5.74, 6) is -1.82. The van der Waals surface area contributed by atoms with Crippen molar-refractivity contribution < 1.29 is 36.2 Å². The topological polar surface area (TPSA) is 96.8 Å². The van der Waals surface area contributed by atoms with Crippen LogP contribution in [-0.4, -0.2) is 70.9 Å². The third-order valence-corrected chi connectivity index (χ3v) is 7.00. The summed E-state index contributed by atoms with van der Waals surface area (Å²) in [6, 6.07) is 5.93. The van der Waals surface area contributed by atoms with Crippen molar-refractivity contribution in [1.29, 1.82) is 0 Å². The van der Waals surface area contributed by atoms with E-state index in [0.717, 1.165) is 23.6 Å². The van der Waals surface area contributed by atoms with Gasteiger partial charge in [-0.3, -0.25) is 4.98 Å². The van der Waals surface area contributed by atoms with Gasteiger partial charge in [-0.25, -0.2) is 13.2 Å². The van der Waals surface area contributed by atoms with Crippen LogP contribution in [0.1, 0.15) is 17.8 Å². The number of nitrogens with zero attached hydrogens (tertiary/aromatic N) is 2. The number of sulfonamides is 1. The van der Waals surface area contributed by atoms with E-state index in [1.165, 1.54) is 6.26 Å². The van der Waals surface area contributed by atoms with Gasteiger partial charge in [0.2, 0.25) is 10.0 Å². The van der Waals surface area contributed by atoms with Crippen LogP contribution in [0.3, 0.4) is 0 Å². The number of aliphatic carboxylic acids is 1. The number of hydrogen-bond donors (Lipinski definition) is 1. The van der Waals surface area contributed by atoms with E-state index in [9.17, 15) is 21.6 Å². The minimum absolute atomic E-state index is 0.0772. The quantitative estimate of drug-likeness (QED) is 0.762. The predicted molar refractivity (Wildman–Crippen MR) is 97.5 cm³/mol. The molecule has 0 bridgehead atoms. The summed E-state index contributed by atoms with van der Waals surface area (Å²) in [6.07, 6.45) is -2.69. The smallest absolute Gasteiger partial charge is 0.475 e. The molecular formula is C16H21F3N2O5S2. The van der Waals surface area contributed by atoms with Crippen LogP contribution in [0.4, 0.5) is 13.2 Å². The van der Waals surface area contributed by atoms with Crippen LogP contribution < -0.4 is 0 Å². The van der Waals surface area contributed by atoms with Crippen molar-refractivity contribution in [2.75, 3.05) is 25.1 Å². The number of alkyl halides is 3. The van der Waals surface area contributed by atoms with Crippen molar-refractivity contribution in [1.82, 2.24) is 9.29 Å². The number of carboxylic acids is 1. The molecular weight excluding hydrogens is 421 g/mol. The van der Waals surface area contributed by atoms with Crippen LogP contribution in [0.15, 0.2) is 18.2 Å². The maximum absolute atomic E-state index is 11.5. The molecule has 0 amide bonds. The highest BCUT2D eigenvalue weighted by Gasteiger charge is 2.52. The fourth-order valence-electron chi connectivity index (χ4n) is 2.84. The maximum atomic E-state index is 11.5. The van der Waals surface area contributed by atoms with Crippen molar-refractivity contribution in [2.45, 2.75) is 37.0 Å². The number of halogens is 3. The van der Waals surface area contributed by atoms with Gasteiger partial charge in [0.05, 0.1) is 24.7 Å². The number of hydrogen-bond acceptors (Lipinski definition) is 6. The Balaban J connectivity index is 0.000000345. The van der Waals surface area contributed by atoms with Gasteiger partial charge in [0.15, 0.2) is 0 Å². The molecule has 2 aliphatic rings. The van der Waals surface area contributed by atoms with Crippen molar-refractivity contribution in [3.63, 3.8) is 0 Å². The summed E-state index contributed by atoms with van der Waals surface area (Å²) >= 11 is 1.85. The minimum atomic E-state index is -5.08. The lowest BCUT2D eigenvalue weighted by molar-refractivity contribution is -0.192. The molecule has 1 unspecified atom stereocenters. The molecule has 12 heteroatoms. The predicted octanol–water partition coefficient (Wildman–Crippen LogP) is 2.06. The first-order valence-electron chi connectivity index (χ1n) is 8.24. The Morgan fingerprint density at radius 3 is 2.54 bits per heavy atom. The lowest BCUT2D eigenvalue weighted by atomic mass is 9.95. The number of aryl methyl sites for hydroxylation is 1. The van der Waals surface area contributed by atoms with Gasteiger partial charge in [0.1, 0.15) is 0 Å². The first-order chi connectivity index (χ1) is 12.8. The molecule has 0 radical (unpaired) electrons. The molecule has 2 aliphatic heterocycles. The molecule has 1 aromatic heterocycles. The van der Waals surface area contributed by atoms with Crippen LogP contribution in [-0.2, 0) is 26.2 Å². The SMILES string of the molecule is Cc1cccc(COC2CSC3(C2)CN(S(C)(=O)=O)C3)n1.O=C(O)C(F)(F)F. The minimum Gasteiger partial charge on any atom is -0.475 e. The van der Waals surface area contributed by atoms with Crippen molar-refractivity contribution in [3.8, 4) is 0 Å². The Hall–Kier alpha value is -1.37. The van der Waals surface area contributed by atoms with Crippen LogP contribution in [0, 0.1) is 6.92 Å². The van der Waals surface area contributed by atoms with Gasteiger partial charge in [-0.1, -0.05) is 6.07 Å². The lowest BCUT2D eigenvalue weighted by Crippen LogP contribution is -2.60.